The molecule has 1 rings (SSSR count). The van der Waals surface area contributed by atoms with Gasteiger partial charge in [0, 0.05) is 33.7 Å². The fraction of sp³-hybridized carbons (Fsp3) is 0.929. The molecule has 1 aliphatic rings. The summed E-state index contributed by atoms with van der Waals surface area (Å²) in [5.41, 5.74) is 0. The van der Waals surface area contributed by atoms with Crippen molar-refractivity contribution in [1.82, 2.24) is 9.80 Å². The maximum absolute atomic E-state index is 4.62. The largest absolute Gasteiger partial charge is 0.349 e. The van der Waals surface area contributed by atoms with Crippen molar-refractivity contribution in [3.63, 3.8) is 0 Å². The van der Waals surface area contributed by atoms with Crippen molar-refractivity contribution in [3.8, 4) is 0 Å². The van der Waals surface area contributed by atoms with Gasteiger partial charge in [-0.3, -0.25) is 4.99 Å². The minimum absolute atomic E-state index is 0. The lowest BCUT2D eigenvalue weighted by Crippen LogP contribution is -2.39. The Labute approximate surface area is 130 Å². The van der Waals surface area contributed by atoms with E-state index in [9.17, 15) is 0 Å². The van der Waals surface area contributed by atoms with Gasteiger partial charge in [-0.1, -0.05) is 26.7 Å². The van der Waals surface area contributed by atoms with Crippen LogP contribution >= 0.6 is 24.0 Å². The number of likely N-dealkylation sites (tertiary alicyclic amines) is 1. The monoisotopic (exact) mass is 367 g/mol. The van der Waals surface area contributed by atoms with Gasteiger partial charge >= 0.3 is 0 Å². The van der Waals surface area contributed by atoms with E-state index in [1.54, 1.807) is 0 Å². The number of aliphatic imine (C=N–C) groups is 1. The van der Waals surface area contributed by atoms with Crippen LogP contribution in [0.2, 0.25) is 0 Å². The van der Waals surface area contributed by atoms with Gasteiger partial charge < -0.3 is 9.80 Å². The summed E-state index contributed by atoms with van der Waals surface area (Å²) in [5, 5.41) is 0. The molecule has 0 amide bonds. The molecule has 0 N–H and O–H groups in total. The summed E-state index contributed by atoms with van der Waals surface area (Å²) in [6, 6.07) is 0. The van der Waals surface area contributed by atoms with Crippen LogP contribution in [0.15, 0.2) is 4.99 Å². The molecule has 0 saturated carbocycles. The average molecular weight is 367 g/mol. The van der Waals surface area contributed by atoms with Gasteiger partial charge in [-0.25, -0.2) is 0 Å². The first kappa shape index (κ1) is 18.0. The number of hydrogen-bond acceptors (Lipinski definition) is 1. The van der Waals surface area contributed by atoms with Crippen LogP contribution in [0, 0.1) is 11.8 Å². The molecule has 0 aromatic heterocycles. The van der Waals surface area contributed by atoms with Crippen LogP contribution in [0.4, 0.5) is 0 Å². The third-order valence-corrected chi connectivity index (χ3v) is 3.92. The molecule has 0 aliphatic carbocycles. The Morgan fingerprint density at radius 2 is 1.89 bits per heavy atom. The Bertz CT molecular complexity index is 249. The highest BCUT2D eigenvalue weighted by Crippen LogP contribution is 2.29. The summed E-state index contributed by atoms with van der Waals surface area (Å²) in [5.74, 6) is 2.93. The number of hydrogen-bond donors (Lipinski definition) is 0. The van der Waals surface area contributed by atoms with E-state index in [0.717, 1.165) is 18.4 Å². The van der Waals surface area contributed by atoms with E-state index >= 15 is 0 Å². The third-order valence-electron chi connectivity index (χ3n) is 3.92. The second kappa shape index (κ2) is 8.99. The van der Waals surface area contributed by atoms with Crippen LogP contribution in [-0.2, 0) is 0 Å². The molecular weight excluding hydrogens is 337 g/mol. The Balaban J connectivity index is 0.00000289. The molecule has 0 aromatic carbocycles. The summed E-state index contributed by atoms with van der Waals surface area (Å²) in [6.45, 7) is 10.0. The smallest absolute Gasteiger partial charge is 0.196 e. The predicted molar refractivity (Wildman–Crippen MR) is 90.8 cm³/mol. The third kappa shape index (κ3) is 4.59. The molecule has 1 unspecified atom stereocenters. The van der Waals surface area contributed by atoms with Gasteiger partial charge in [-0.05, 0) is 25.2 Å². The molecule has 1 heterocycles. The quantitative estimate of drug-likeness (QED) is 0.431. The van der Waals surface area contributed by atoms with Gasteiger partial charge in [0.2, 0.25) is 0 Å². The zero-order valence-corrected chi connectivity index (χ0v) is 15.0. The zero-order chi connectivity index (χ0) is 12.8. The molecule has 108 valence electrons. The first-order valence-corrected chi connectivity index (χ1v) is 7.10. The highest BCUT2D eigenvalue weighted by molar-refractivity contribution is 14.0. The van der Waals surface area contributed by atoms with Crippen LogP contribution in [0.3, 0.4) is 0 Å². The first-order valence-electron chi connectivity index (χ1n) is 7.10. The van der Waals surface area contributed by atoms with Gasteiger partial charge in [0.1, 0.15) is 0 Å². The second-order valence-electron chi connectivity index (χ2n) is 5.24. The zero-order valence-electron chi connectivity index (χ0n) is 12.6. The topological polar surface area (TPSA) is 18.8 Å². The van der Waals surface area contributed by atoms with E-state index in [0.29, 0.717) is 0 Å². The molecule has 18 heavy (non-hydrogen) atoms. The van der Waals surface area contributed by atoms with Crippen LogP contribution in [0.5, 0.6) is 0 Å². The molecule has 0 radical (unpaired) electrons. The van der Waals surface area contributed by atoms with E-state index in [2.05, 4.69) is 49.7 Å². The molecule has 1 saturated heterocycles. The van der Waals surface area contributed by atoms with Gasteiger partial charge in [0.25, 0.3) is 0 Å². The molecule has 1 atom stereocenters. The lowest BCUT2D eigenvalue weighted by molar-refractivity contribution is 0.313. The van der Waals surface area contributed by atoms with Crippen LogP contribution in [0.1, 0.15) is 40.0 Å². The average Bonchev–Trinajstić information content (AvgIpc) is 2.76. The molecule has 4 heteroatoms. The maximum Gasteiger partial charge on any atom is 0.196 e. The minimum Gasteiger partial charge on any atom is -0.349 e. The molecule has 1 fully saturated rings. The molecule has 0 spiro atoms. The summed E-state index contributed by atoms with van der Waals surface area (Å²) in [7, 11) is 4.19. The van der Waals surface area contributed by atoms with E-state index in [-0.39, 0.29) is 24.0 Å². The van der Waals surface area contributed by atoms with Crippen molar-refractivity contribution in [2.75, 3.05) is 33.7 Å². The second-order valence-corrected chi connectivity index (χ2v) is 5.24. The highest BCUT2D eigenvalue weighted by atomic mass is 127. The summed E-state index contributed by atoms with van der Waals surface area (Å²) >= 11 is 0. The fourth-order valence-electron chi connectivity index (χ4n) is 2.97. The van der Waals surface area contributed by atoms with Crippen molar-refractivity contribution < 1.29 is 0 Å². The van der Waals surface area contributed by atoms with Gasteiger partial charge in [0.05, 0.1) is 0 Å². The maximum atomic E-state index is 4.62. The molecule has 0 bridgehead atoms. The van der Waals surface area contributed by atoms with Crippen molar-refractivity contribution >= 4 is 29.9 Å². The van der Waals surface area contributed by atoms with Crippen LogP contribution < -0.4 is 0 Å². The molecule has 1 aliphatic heterocycles. The van der Waals surface area contributed by atoms with Crippen molar-refractivity contribution in [2.24, 2.45) is 16.8 Å². The van der Waals surface area contributed by atoms with Gasteiger partial charge in [0.15, 0.2) is 5.96 Å². The van der Waals surface area contributed by atoms with E-state index in [1.807, 2.05) is 0 Å². The SMILES string of the molecule is CCN=C(N(C)C)N1CCC(C(CC)CC)C1.I. The number of nitrogens with zero attached hydrogens (tertiary/aromatic N) is 3. The Kier molecular flexibility index (Phi) is 8.99. The Hall–Kier alpha value is 0. The normalized spacial score (nSPS) is 20.2. The van der Waals surface area contributed by atoms with E-state index < -0.39 is 0 Å². The van der Waals surface area contributed by atoms with E-state index in [4.69, 9.17) is 0 Å². The van der Waals surface area contributed by atoms with Gasteiger partial charge in [-0.2, -0.15) is 0 Å². The van der Waals surface area contributed by atoms with Crippen molar-refractivity contribution in [3.05, 3.63) is 0 Å². The Morgan fingerprint density at radius 1 is 1.28 bits per heavy atom. The van der Waals surface area contributed by atoms with Crippen LogP contribution in [0.25, 0.3) is 0 Å². The lowest BCUT2D eigenvalue weighted by atomic mass is 9.87. The molecular formula is C14H30IN3. The van der Waals surface area contributed by atoms with Crippen LogP contribution in [-0.4, -0.2) is 49.5 Å². The first-order chi connectivity index (χ1) is 8.13. The van der Waals surface area contributed by atoms with Crippen molar-refractivity contribution in [2.45, 2.75) is 40.0 Å². The fourth-order valence-corrected chi connectivity index (χ4v) is 2.97. The van der Waals surface area contributed by atoms with Gasteiger partial charge in [-0.15, -0.1) is 24.0 Å². The number of guanidine groups is 1. The number of rotatable bonds is 4. The molecule has 3 nitrogen and oxygen atoms in total. The van der Waals surface area contributed by atoms with Crippen molar-refractivity contribution in [1.29, 1.82) is 0 Å². The highest BCUT2D eigenvalue weighted by Gasteiger charge is 2.29. The predicted octanol–water partition coefficient (Wildman–Crippen LogP) is 3.30. The summed E-state index contributed by atoms with van der Waals surface area (Å²) in [4.78, 5) is 9.24. The Morgan fingerprint density at radius 3 is 2.33 bits per heavy atom. The minimum atomic E-state index is 0. The summed E-state index contributed by atoms with van der Waals surface area (Å²) < 4.78 is 0. The lowest BCUT2D eigenvalue weighted by Gasteiger charge is -2.27. The molecule has 0 aromatic rings. The summed E-state index contributed by atoms with van der Waals surface area (Å²) in [6.07, 6.45) is 3.97. The van der Waals surface area contributed by atoms with E-state index in [1.165, 1.54) is 38.3 Å². The standard InChI is InChI=1S/C14H29N3.HI/c1-6-12(7-2)13-9-10-17(11-13)14(15-8-3)16(4)5;/h12-13H,6-11H2,1-5H3;1H. The number of halogens is 1.